The summed E-state index contributed by atoms with van der Waals surface area (Å²) in [6, 6.07) is 4.87. The first-order valence-corrected chi connectivity index (χ1v) is 9.87. The highest BCUT2D eigenvalue weighted by Crippen LogP contribution is 2.21. The first-order valence-electron chi connectivity index (χ1n) is 9.87. The molecule has 2 heterocycles. The molecule has 0 aliphatic carbocycles. The number of nitrogens with one attached hydrogen (secondary N) is 3. The Morgan fingerprint density at radius 1 is 1.26 bits per heavy atom. The number of hydrogen-bond donors (Lipinski definition) is 4. The number of fused-ring (bicyclic) bond motifs is 1. The molecule has 0 spiro atoms. The van der Waals surface area contributed by atoms with Crippen LogP contribution in [-0.2, 0) is 14.3 Å². The number of carbonyl (C=O) groups is 3. The highest BCUT2D eigenvalue weighted by Gasteiger charge is 2.43. The molecule has 1 aliphatic rings. The van der Waals surface area contributed by atoms with Crippen molar-refractivity contribution in [1.29, 1.82) is 0 Å². The zero-order valence-electron chi connectivity index (χ0n) is 17.3. The number of aryl methyl sites for hydroxylation is 1. The third-order valence-corrected chi connectivity index (χ3v) is 5.32. The zero-order chi connectivity index (χ0) is 22.6. The third-order valence-electron chi connectivity index (χ3n) is 5.32. The lowest BCUT2D eigenvalue weighted by Crippen LogP contribution is -2.65. The number of methoxy groups -OCH3 is 1. The van der Waals surface area contributed by atoms with Gasteiger partial charge >= 0.3 is 5.97 Å². The fourth-order valence-electron chi connectivity index (χ4n) is 3.54. The summed E-state index contributed by atoms with van der Waals surface area (Å²) in [5.74, 6) is -2.39. The van der Waals surface area contributed by atoms with Gasteiger partial charge in [0.15, 0.2) is 17.2 Å². The van der Waals surface area contributed by atoms with Gasteiger partial charge in [0.05, 0.1) is 19.1 Å². The molecule has 0 radical (unpaired) electrons. The third kappa shape index (κ3) is 4.75. The van der Waals surface area contributed by atoms with Gasteiger partial charge in [-0.05, 0) is 45.0 Å². The van der Waals surface area contributed by atoms with Gasteiger partial charge in [-0.15, -0.1) is 0 Å². The first-order chi connectivity index (χ1) is 14.8. The summed E-state index contributed by atoms with van der Waals surface area (Å²) in [7, 11) is 1.14. The van der Waals surface area contributed by atoms with E-state index in [1.807, 2.05) is 6.92 Å². The van der Waals surface area contributed by atoms with Gasteiger partial charge in [0.25, 0.3) is 5.91 Å². The van der Waals surface area contributed by atoms with Crippen LogP contribution in [0.4, 0.5) is 0 Å². The van der Waals surface area contributed by atoms with Crippen LogP contribution in [0.15, 0.2) is 33.5 Å². The summed E-state index contributed by atoms with van der Waals surface area (Å²) in [5, 5.41) is 18.0. The molecule has 0 saturated carbocycles. The molecule has 1 atom stereocenters. The van der Waals surface area contributed by atoms with E-state index in [0.717, 1.165) is 18.7 Å². The van der Waals surface area contributed by atoms with E-state index < -0.39 is 36.0 Å². The SMILES string of the molecule is COC(=O)C(CO)NC(=O)C1(NC(=O)c2cc(=O)c3cc(C)ccc3o2)CCNCC1. The molecule has 31 heavy (non-hydrogen) atoms. The van der Waals surface area contributed by atoms with Crippen molar-refractivity contribution in [2.24, 2.45) is 0 Å². The zero-order valence-corrected chi connectivity index (χ0v) is 17.3. The number of aliphatic hydroxyl groups excluding tert-OH is 1. The minimum atomic E-state index is -1.36. The standard InChI is InChI=1S/C21H25N3O7/c1-12-3-4-16-13(9-12)15(26)10-17(31-16)18(27)24-21(5-7-22-8-6-21)20(29)23-14(11-25)19(28)30-2/h3-4,9-10,14,22,25H,5-8,11H2,1-2H3,(H,23,29)(H,24,27). The average molecular weight is 431 g/mol. The molecule has 1 aromatic heterocycles. The van der Waals surface area contributed by atoms with Crippen LogP contribution in [0.5, 0.6) is 0 Å². The molecule has 10 nitrogen and oxygen atoms in total. The quantitative estimate of drug-likeness (QED) is 0.452. The van der Waals surface area contributed by atoms with Crippen LogP contribution in [0.2, 0.25) is 0 Å². The lowest BCUT2D eigenvalue weighted by molar-refractivity contribution is -0.147. The van der Waals surface area contributed by atoms with Gasteiger partial charge in [-0.2, -0.15) is 0 Å². The molecule has 166 valence electrons. The largest absolute Gasteiger partial charge is 0.467 e. The van der Waals surface area contributed by atoms with Crippen molar-refractivity contribution in [1.82, 2.24) is 16.0 Å². The second-order valence-electron chi connectivity index (χ2n) is 7.49. The van der Waals surface area contributed by atoms with E-state index in [1.165, 1.54) is 0 Å². The maximum Gasteiger partial charge on any atom is 0.330 e. The second kappa shape index (κ2) is 9.27. The number of ether oxygens (including phenoxy) is 1. The van der Waals surface area contributed by atoms with E-state index in [9.17, 15) is 24.3 Å². The number of rotatable bonds is 6. The summed E-state index contributed by atoms with van der Waals surface area (Å²) < 4.78 is 10.2. The normalized spacial score (nSPS) is 16.4. The van der Waals surface area contributed by atoms with Crippen molar-refractivity contribution < 1.29 is 28.6 Å². The summed E-state index contributed by atoms with van der Waals surface area (Å²) in [5.41, 5.74) is -0.584. The van der Waals surface area contributed by atoms with Gasteiger partial charge in [0, 0.05) is 6.07 Å². The minimum absolute atomic E-state index is 0.223. The Bertz CT molecular complexity index is 1060. The van der Waals surface area contributed by atoms with Gasteiger partial charge < -0.3 is 30.2 Å². The Labute approximate surface area is 177 Å². The molecule has 2 aromatic rings. The van der Waals surface area contributed by atoms with Gasteiger partial charge in [-0.3, -0.25) is 14.4 Å². The minimum Gasteiger partial charge on any atom is -0.467 e. The molecule has 4 N–H and O–H groups in total. The van der Waals surface area contributed by atoms with E-state index in [2.05, 4.69) is 20.7 Å². The van der Waals surface area contributed by atoms with Crippen LogP contribution in [0, 0.1) is 6.92 Å². The summed E-state index contributed by atoms with van der Waals surface area (Å²) in [6.07, 6.45) is 0.474. The van der Waals surface area contributed by atoms with E-state index in [-0.39, 0.29) is 29.6 Å². The molecular formula is C21H25N3O7. The predicted molar refractivity (Wildman–Crippen MR) is 111 cm³/mol. The predicted octanol–water partition coefficient (Wildman–Crippen LogP) is -0.396. The second-order valence-corrected chi connectivity index (χ2v) is 7.49. The van der Waals surface area contributed by atoms with Crippen LogP contribution >= 0.6 is 0 Å². The van der Waals surface area contributed by atoms with Crippen LogP contribution in [0.3, 0.4) is 0 Å². The van der Waals surface area contributed by atoms with Crippen LogP contribution in [0.25, 0.3) is 11.0 Å². The maximum absolute atomic E-state index is 13.0. The highest BCUT2D eigenvalue weighted by atomic mass is 16.5. The summed E-state index contributed by atoms with van der Waals surface area (Å²) >= 11 is 0. The van der Waals surface area contributed by atoms with Crippen LogP contribution in [-0.4, -0.2) is 61.3 Å². The van der Waals surface area contributed by atoms with Crippen molar-refractivity contribution in [3.8, 4) is 0 Å². The fraction of sp³-hybridized carbons (Fsp3) is 0.429. The van der Waals surface area contributed by atoms with Crippen molar-refractivity contribution in [3.05, 3.63) is 45.8 Å². The lowest BCUT2D eigenvalue weighted by atomic mass is 9.86. The molecule has 1 aromatic carbocycles. The Hall–Kier alpha value is -3.24. The van der Waals surface area contributed by atoms with E-state index >= 15 is 0 Å². The fourth-order valence-corrected chi connectivity index (χ4v) is 3.54. The highest BCUT2D eigenvalue weighted by molar-refractivity contribution is 5.99. The number of benzene rings is 1. The molecule has 3 rings (SSSR count). The monoisotopic (exact) mass is 431 g/mol. The van der Waals surface area contributed by atoms with Crippen molar-refractivity contribution >= 4 is 28.8 Å². The molecule has 1 saturated heterocycles. The Balaban J connectivity index is 1.88. The Morgan fingerprint density at radius 3 is 2.61 bits per heavy atom. The lowest BCUT2D eigenvalue weighted by Gasteiger charge is -2.37. The van der Waals surface area contributed by atoms with Crippen LogP contribution in [0.1, 0.15) is 29.0 Å². The van der Waals surface area contributed by atoms with Gasteiger partial charge in [0.2, 0.25) is 5.91 Å². The molecule has 1 unspecified atom stereocenters. The molecule has 1 fully saturated rings. The van der Waals surface area contributed by atoms with Crippen LogP contribution < -0.4 is 21.4 Å². The number of carbonyl (C=O) groups excluding carboxylic acids is 3. The number of aliphatic hydroxyl groups is 1. The summed E-state index contributed by atoms with van der Waals surface area (Å²) in [6.45, 7) is 2.07. The molecule has 10 heteroatoms. The van der Waals surface area contributed by atoms with Crippen molar-refractivity contribution in [3.63, 3.8) is 0 Å². The topological polar surface area (TPSA) is 147 Å². The molecule has 2 amide bonds. The number of hydrogen-bond acceptors (Lipinski definition) is 8. The molecule has 0 bridgehead atoms. The first kappa shape index (κ1) is 22.4. The maximum atomic E-state index is 13.0. The van der Waals surface area contributed by atoms with Crippen molar-refractivity contribution in [2.45, 2.75) is 31.3 Å². The van der Waals surface area contributed by atoms with Gasteiger partial charge in [0.1, 0.15) is 11.1 Å². The Kier molecular flexibility index (Phi) is 6.71. The number of esters is 1. The van der Waals surface area contributed by atoms with Gasteiger partial charge in [-0.1, -0.05) is 11.6 Å². The average Bonchev–Trinajstić information content (AvgIpc) is 2.77. The summed E-state index contributed by atoms with van der Waals surface area (Å²) in [4.78, 5) is 50.2. The van der Waals surface area contributed by atoms with E-state index in [1.54, 1.807) is 18.2 Å². The molecular weight excluding hydrogens is 406 g/mol. The van der Waals surface area contributed by atoms with E-state index in [0.29, 0.717) is 18.5 Å². The van der Waals surface area contributed by atoms with Gasteiger partial charge in [-0.25, -0.2) is 4.79 Å². The molecule has 1 aliphatic heterocycles. The Morgan fingerprint density at radius 2 is 1.97 bits per heavy atom. The van der Waals surface area contributed by atoms with E-state index in [4.69, 9.17) is 4.42 Å². The van der Waals surface area contributed by atoms with Crippen molar-refractivity contribution in [2.75, 3.05) is 26.8 Å². The number of piperidine rings is 1. The number of amides is 2. The smallest absolute Gasteiger partial charge is 0.330 e.